The van der Waals surface area contributed by atoms with Crippen LogP contribution in [0.2, 0.25) is 0 Å². The van der Waals surface area contributed by atoms with E-state index in [1.54, 1.807) is 6.20 Å². The minimum atomic E-state index is 0.798. The first-order chi connectivity index (χ1) is 6.43. The lowest BCUT2D eigenvalue weighted by molar-refractivity contribution is 0.474. The maximum absolute atomic E-state index is 5.09. The van der Waals surface area contributed by atoms with Crippen molar-refractivity contribution in [2.75, 3.05) is 6.54 Å². The quantitative estimate of drug-likeness (QED) is 0.658. The Kier molecular flexibility index (Phi) is 5.25. The number of nitrogens with one attached hydrogen (secondary N) is 1. The summed E-state index contributed by atoms with van der Waals surface area (Å²) in [6.07, 6.45) is 8.42. The molecule has 1 heterocycles. The minimum absolute atomic E-state index is 0.798. The highest BCUT2D eigenvalue weighted by molar-refractivity contribution is 4.86. The normalized spacial score (nSPS) is 10.5. The van der Waals surface area contributed by atoms with E-state index in [4.69, 9.17) is 4.42 Å². The molecule has 0 aliphatic heterocycles. The summed E-state index contributed by atoms with van der Waals surface area (Å²) < 4.78 is 5.09. The van der Waals surface area contributed by atoms with E-state index in [9.17, 15) is 0 Å². The van der Waals surface area contributed by atoms with Gasteiger partial charge in [0.1, 0.15) is 5.76 Å². The third-order valence-corrected chi connectivity index (χ3v) is 1.99. The molecule has 0 atom stereocenters. The van der Waals surface area contributed by atoms with E-state index in [0.29, 0.717) is 0 Å². The van der Waals surface area contributed by atoms with E-state index in [1.165, 1.54) is 32.1 Å². The van der Waals surface area contributed by atoms with Crippen molar-refractivity contribution in [2.45, 2.75) is 39.2 Å². The maximum Gasteiger partial charge on any atom is 0.180 e. The van der Waals surface area contributed by atoms with Crippen molar-refractivity contribution < 1.29 is 4.42 Å². The number of rotatable bonds is 7. The molecule has 1 rings (SSSR count). The Labute approximate surface area is 79.5 Å². The van der Waals surface area contributed by atoms with Gasteiger partial charge in [0.25, 0.3) is 0 Å². The predicted octanol–water partition coefficient (Wildman–Crippen LogP) is 2.34. The first-order valence-corrected chi connectivity index (χ1v) is 5.01. The highest BCUT2D eigenvalue weighted by Crippen LogP contribution is 1.98. The Balaban J connectivity index is 1.90. The third-order valence-electron chi connectivity index (χ3n) is 1.99. The van der Waals surface area contributed by atoms with Gasteiger partial charge in [-0.1, -0.05) is 26.2 Å². The Hall–Kier alpha value is -0.830. The van der Waals surface area contributed by atoms with Crippen molar-refractivity contribution in [1.82, 2.24) is 10.3 Å². The van der Waals surface area contributed by atoms with Crippen LogP contribution in [0.25, 0.3) is 0 Å². The molecule has 1 aromatic heterocycles. The zero-order valence-corrected chi connectivity index (χ0v) is 8.25. The summed E-state index contributed by atoms with van der Waals surface area (Å²) >= 11 is 0. The maximum atomic E-state index is 5.09. The standard InChI is InChI=1S/C10H18N2O/c1-2-3-4-5-6-11-7-10-8-12-9-13-10/h8-9,11H,2-7H2,1H3. The SMILES string of the molecule is CCCCCCNCc1cnco1. The molecular formula is C10H18N2O. The van der Waals surface area contributed by atoms with Crippen LogP contribution >= 0.6 is 0 Å². The topological polar surface area (TPSA) is 38.1 Å². The number of unbranched alkanes of at least 4 members (excludes halogenated alkanes) is 3. The lowest BCUT2D eigenvalue weighted by Gasteiger charge is -2.01. The highest BCUT2D eigenvalue weighted by Gasteiger charge is 1.94. The molecule has 0 saturated carbocycles. The number of aromatic nitrogens is 1. The van der Waals surface area contributed by atoms with Gasteiger partial charge in [0.2, 0.25) is 0 Å². The Morgan fingerprint density at radius 2 is 2.31 bits per heavy atom. The van der Waals surface area contributed by atoms with Gasteiger partial charge >= 0.3 is 0 Å². The van der Waals surface area contributed by atoms with E-state index in [2.05, 4.69) is 17.2 Å². The zero-order valence-electron chi connectivity index (χ0n) is 8.25. The highest BCUT2D eigenvalue weighted by atomic mass is 16.3. The van der Waals surface area contributed by atoms with Crippen LogP contribution in [0.4, 0.5) is 0 Å². The van der Waals surface area contributed by atoms with Crippen LogP contribution in [0.3, 0.4) is 0 Å². The average molecular weight is 182 g/mol. The molecule has 13 heavy (non-hydrogen) atoms. The van der Waals surface area contributed by atoms with Crippen LogP contribution in [0.5, 0.6) is 0 Å². The Morgan fingerprint density at radius 3 is 3.00 bits per heavy atom. The van der Waals surface area contributed by atoms with Gasteiger partial charge < -0.3 is 9.73 Å². The fourth-order valence-corrected chi connectivity index (χ4v) is 1.22. The fourth-order valence-electron chi connectivity index (χ4n) is 1.22. The first kappa shape index (κ1) is 10.3. The molecule has 0 spiro atoms. The van der Waals surface area contributed by atoms with E-state index in [-0.39, 0.29) is 0 Å². The van der Waals surface area contributed by atoms with Crippen LogP contribution in [0.15, 0.2) is 17.0 Å². The lowest BCUT2D eigenvalue weighted by atomic mass is 10.2. The van der Waals surface area contributed by atoms with Gasteiger partial charge in [0.05, 0.1) is 12.7 Å². The second-order valence-electron chi connectivity index (χ2n) is 3.21. The van der Waals surface area contributed by atoms with Crippen LogP contribution in [0, 0.1) is 0 Å². The van der Waals surface area contributed by atoms with Gasteiger partial charge in [-0.3, -0.25) is 0 Å². The molecule has 0 radical (unpaired) electrons. The van der Waals surface area contributed by atoms with E-state index >= 15 is 0 Å². The molecule has 0 aromatic carbocycles. The number of hydrogen-bond acceptors (Lipinski definition) is 3. The van der Waals surface area contributed by atoms with E-state index in [1.807, 2.05) is 0 Å². The van der Waals surface area contributed by atoms with Crippen molar-refractivity contribution in [2.24, 2.45) is 0 Å². The monoisotopic (exact) mass is 182 g/mol. The number of nitrogens with zero attached hydrogens (tertiary/aromatic N) is 1. The van der Waals surface area contributed by atoms with Gasteiger partial charge in [-0.15, -0.1) is 0 Å². The first-order valence-electron chi connectivity index (χ1n) is 5.01. The number of hydrogen-bond donors (Lipinski definition) is 1. The molecule has 1 aromatic rings. The molecule has 1 N–H and O–H groups in total. The van der Waals surface area contributed by atoms with Crippen LogP contribution < -0.4 is 5.32 Å². The number of oxazole rings is 1. The second kappa shape index (κ2) is 6.66. The van der Waals surface area contributed by atoms with E-state index < -0.39 is 0 Å². The summed E-state index contributed by atoms with van der Waals surface area (Å²) in [5.41, 5.74) is 0. The van der Waals surface area contributed by atoms with Crippen molar-refractivity contribution in [3.63, 3.8) is 0 Å². The van der Waals surface area contributed by atoms with Gasteiger partial charge in [-0.25, -0.2) is 4.98 Å². The van der Waals surface area contributed by atoms with Crippen LogP contribution in [-0.4, -0.2) is 11.5 Å². The summed E-state index contributed by atoms with van der Waals surface area (Å²) in [5, 5.41) is 3.31. The summed E-state index contributed by atoms with van der Waals surface area (Å²) in [6, 6.07) is 0. The predicted molar refractivity (Wildman–Crippen MR) is 52.4 cm³/mol. The molecule has 0 amide bonds. The van der Waals surface area contributed by atoms with Crippen LogP contribution in [0.1, 0.15) is 38.4 Å². The lowest BCUT2D eigenvalue weighted by Crippen LogP contribution is -2.14. The van der Waals surface area contributed by atoms with Gasteiger partial charge in [-0.05, 0) is 13.0 Å². The second-order valence-corrected chi connectivity index (χ2v) is 3.21. The van der Waals surface area contributed by atoms with Crippen molar-refractivity contribution >= 4 is 0 Å². The summed E-state index contributed by atoms with van der Waals surface area (Å²) in [7, 11) is 0. The molecule has 3 nitrogen and oxygen atoms in total. The average Bonchev–Trinajstić information content (AvgIpc) is 2.63. The van der Waals surface area contributed by atoms with E-state index in [0.717, 1.165) is 18.8 Å². The van der Waals surface area contributed by atoms with Crippen LogP contribution in [-0.2, 0) is 6.54 Å². The Bertz CT molecular complexity index is 197. The molecule has 3 heteroatoms. The molecule has 74 valence electrons. The summed E-state index contributed by atoms with van der Waals surface area (Å²) in [4.78, 5) is 3.84. The summed E-state index contributed by atoms with van der Waals surface area (Å²) in [5.74, 6) is 0.912. The molecule has 0 aliphatic carbocycles. The molecule has 0 saturated heterocycles. The van der Waals surface area contributed by atoms with Gasteiger partial charge in [-0.2, -0.15) is 0 Å². The molecule has 0 unspecified atom stereocenters. The van der Waals surface area contributed by atoms with Gasteiger partial charge in [0.15, 0.2) is 6.39 Å². The van der Waals surface area contributed by atoms with Crippen molar-refractivity contribution in [1.29, 1.82) is 0 Å². The van der Waals surface area contributed by atoms with Gasteiger partial charge in [0, 0.05) is 0 Å². The summed E-state index contributed by atoms with van der Waals surface area (Å²) in [6.45, 7) is 4.09. The largest absolute Gasteiger partial charge is 0.447 e. The fraction of sp³-hybridized carbons (Fsp3) is 0.700. The molecule has 0 aliphatic rings. The molecule has 0 fully saturated rings. The Morgan fingerprint density at radius 1 is 1.38 bits per heavy atom. The third kappa shape index (κ3) is 4.68. The minimum Gasteiger partial charge on any atom is -0.447 e. The smallest absolute Gasteiger partial charge is 0.180 e. The molecular weight excluding hydrogens is 164 g/mol. The van der Waals surface area contributed by atoms with Crippen molar-refractivity contribution in [3.8, 4) is 0 Å². The van der Waals surface area contributed by atoms with Crippen molar-refractivity contribution in [3.05, 3.63) is 18.4 Å². The zero-order chi connectivity index (χ0) is 9.36. The molecule has 0 bridgehead atoms.